The Morgan fingerprint density at radius 3 is 2.81 bits per heavy atom. The zero-order chi connectivity index (χ0) is 15.2. The molecule has 2 aromatic heterocycles. The lowest BCUT2D eigenvalue weighted by atomic mass is 10.3. The maximum atomic E-state index is 12.1. The smallest absolute Gasteiger partial charge is 0.269 e. The molecule has 1 N–H and O–H groups in total. The summed E-state index contributed by atoms with van der Waals surface area (Å²) in [6, 6.07) is 5.49. The van der Waals surface area contributed by atoms with Gasteiger partial charge in [-0.05, 0) is 39.0 Å². The number of ether oxygens (including phenoxy) is 1. The van der Waals surface area contributed by atoms with E-state index in [1.54, 1.807) is 29.3 Å². The van der Waals surface area contributed by atoms with Crippen molar-refractivity contribution in [3.63, 3.8) is 0 Å². The first kappa shape index (κ1) is 15.0. The normalized spacial score (nSPS) is 12.2. The molecular weight excluding hydrogens is 268 g/mol. The zero-order valence-electron chi connectivity index (χ0n) is 12.5. The Balaban J connectivity index is 1.87. The lowest BCUT2D eigenvalue weighted by Gasteiger charge is -2.16. The number of carbonyl (C=O) groups is 1. The molecular formula is C15H20N4O2. The Morgan fingerprint density at radius 2 is 2.14 bits per heavy atom. The zero-order valence-corrected chi connectivity index (χ0v) is 12.5. The second-order valence-electron chi connectivity index (χ2n) is 5.08. The summed E-state index contributed by atoms with van der Waals surface area (Å²) in [7, 11) is 0. The van der Waals surface area contributed by atoms with E-state index >= 15 is 0 Å². The molecule has 21 heavy (non-hydrogen) atoms. The summed E-state index contributed by atoms with van der Waals surface area (Å²) in [5.41, 5.74) is 0.554. The molecule has 0 aliphatic rings. The highest BCUT2D eigenvalue weighted by Crippen LogP contribution is 2.10. The van der Waals surface area contributed by atoms with Gasteiger partial charge in [0, 0.05) is 18.4 Å². The summed E-state index contributed by atoms with van der Waals surface area (Å²) >= 11 is 0. The van der Waals surface area contributed by atoms with Crippen molar-refractivity contribution in [3.05, 3.63) is 42.5 Å². The number of amides is 1. The second kappa shape index (κ2) is 6.88. The van der Waals surface area contributed by atoms with Gasteiger partial charge in [-0.2, -0.15) is 5.10 Å². The molecule has 0 bridgehead atoms. The van der Waals surface area contributed by atoms with Gasteiger partial charge in [0.25, 0.3) is 5.91 Å². The number of aromatic nitrogens is 3. The topological polar surface area (TPSA) is 69.0 Å². The highest BCUT2D eigenvalue weighted by atomic mass is 16.5. The summed E-state index contributed by atoms with van der Waals surface area (Å²) in [4.78, 5) is 16.1. The first-order chi connectivity index (χ1) is 10.1. The average Bonchev–Trinajstić information content (AvgIpc) is 2.95. The van der Waals surface area contributed by atoms with Crippen LogP contribution < -0.4 is 10.1 Å². The van der Waals surface area contributed by atoms with E-state index in [9.17, 15) is 4.79 Å². The van der Waals surface area contributed by atoms with Gasteiger partial charge < -0.3 is 10.1 Å². The summed E-state index contributed by atoms with van der Waals surface area (Å²) in [6.07, 6.45) is 4.82. The number of pyridine rings is 1. The molecule has 0 saturated carbocycles. The van der Waals surface area contributed by atoms with Gasteiger partial charge in [0.15, 0.2) is 0 Å². The molecule has 0 aliphatic heterocycles. The van der Waals surface area contributed by atoms with Gasteiger partial charge in [-0.1, -0.05) is 0 Å². The Bertz CT molecular complexity index is 580. The van der Waals surface area contributed by atoms with Gasteiger partial charge in [0.05, 0.1) is 12.7 Å². The van der Waals surface area contributed by atoms with Crippen LogP contribution in [0.2, 0.25) is 0 Å². The Morgan fingerprint density at radius 1 is 1.33 bits per heavy atom. The maximum absolute atomic E-state index is 12.1. The highest BCUT2D eigenvalue weighted by molar-refractivity contribution is 5.92. The van der Waals surface area contributed by atoms with Gasteiger partial charge in [-0.3, -0.25) is 14.5 Å². The SMILES string of the molecule is CC(C)n1nccc1C(=O)NC[C@H](C)Oc1cccnc1. The van der Waals surface area contributed by atoms with Crippen molar-refractivity contribution in [3.8, 4) is 5.75 Å². The van der Waals surface area contributed by atoms with Crippen molar-refractivity contribution in [1.29, 1.82) is 0 Å². The van der Waals surface area contributed by atoms with Gasteiger partial charge in [-0.15, -0.1) is 0 Å². The third-order valence-electron chi connectivity index (χ3n) is 2.91. The summed E-state index contributed by atoms with van der Waals surface area (Å²) in [5.74, 6) is 0.536. The van der Waals surface area contributed by atoms with Crippen molar-refractivity contribution in [2.75, 3.05) is 6.54 Å². The number of nitrogens with one attached hydrogen (secondary N) is 1. The van der Waals surface area contributed by atoms with E-state index in [0.717, 1.165) is 0 Å². The van der Waals surface area contributed by atoms with Crippen LogP contribution in [0.15, 0.2) is 36.8 Å². The van der Waals surface area contributed by atoms with Gasteiger partial charge in [-0.25, -0.2) is 0 Å². The fourth-order valence-corrected chi connectivity index (χ4v) is 1.92. The molecule has 0 spiro atoms. The minimum absolute atomic E-state index is 0.143. The average molecular weight is 288 g/mol. The molecule has 112 valence electrons. The number of hydrogen-bond donors (Lipinski definition) is 1. The molecule has 0 radical (unpaired) electrons. The quantitative estimate of drug-likeness (QED) is 0.883. The molecule has 2 aromatic rings. The van der Waals surface area contributed by atoms with Gasteiger partial charge >= 0.3 is 0 Å². The van der Waals surface area contributed by atoms with Crippen molar-refractivity contribution in [2.45, 2.75) is 32.9 Å². The lowest BCUT2D eigenvalue weighted by Crippen LogP contribution is -2.34. The fraction of sp³-hybridized carbons (Fsp3) is 0.400. The molecule has 1 atom stereocenters. The summed E-state index contributed by atoms with van der Waals surface area (Å²) in [5, 5.41) is 7.00. The maximum Gasteiger partial charge on any atom is 0.269 e. The molecule has 6 nitrogen and oxygen atoms in total. The third kappa shape index (κ3) is 4.05. The highest BCUT2D eigenvalue weighted by Gasteiger charge is 2.15. The molecule has 2 heterocycles. The van der Waals surface area contributed by atoms with Crippen LogP contribution in [0.25, 0.3) is 0 Å². The number of nitrogens with zero attached hydrogens (tertiary/aromatic N) is 3. The molecule has 0 unspecified atom stereocenters. The van der Waals surface area contributed by atoms with Crippen LogP contribution in [0.3, 0.4) is 0 Å². The van der Waals surface area contributed by atoms with Crippen LogP contribution in [0.1, 0.15) is 37.3 Å². The van der Waals surface area contributed by atoms with Crippen LogP contribution in [0.4, 0.5) is 0 Å². The molecule has 1 amide bonds. The van der Waals surface area contributed by atoms with E-state index in [0.29, 0.717) is 18.0 Å². The predicted octanol–water partition coefficient (Wildman–Crippen LogP) is 2.06. The van der Waals surface area contributed by atoms with Crippen molar-refractivity contribution >= 4 is 5.91 Å². The van der Waals surface area contributed by atoms with Crippen LogP contribution in [0, 0.1) is 0 Å². The number of hydrogen-bond acceptors (Lipinski definition) is 4. The Labute approximate surface area is 124 Å². The van der Waals surface area contributed by atoms with Crippen LogP contribution in [-0.2, 0) is 0 Å². The van der Waals surface area contributed by atoms with Crippen molar-refractivity contribution < 1.29 is 9.53 Å². The third-order valence-corrected chi connectivity index (χ3v) is 2.91. The molecule has 0 aliphatic carbocycles. The summed E-state index contributed by atoms with van der Waals surface area (Å²) in [6.45, 7) is 6.28. The largest absolute Gasteiger partial charge is 0.487 e. The molecule has 2 rings (SSSR count). The lowest BCUT2D eigenvalue weighted by molar-refractivity contribution is 0.0919. The first-order valence-corrected chi connectivity index (χ1v) is 6.96. The van der Waals surface area contributed by atoms with E-state index in [-0.39, 0.29) is 18.1 Å². The molecule has 6 heteroatoms. The van der Waals surface area contributed by atoms with E-state index in [1.807, 2.05) is 32.9 Å². The molecule has 0 fully saturated rings. The fourth-order valence-electron chi connectivity index (χ4n) is 1.92. The minimum Gasteiger partial charge on any atom is -0.487 e. The van der Waals surface area contributed by atoms with E-state index in [1.165, 1.54) is 0 Å². The van der Waals surface area contributed by atoms with E-state index in [2.05, 4.69) is 15.4 Å². The van der Waals surface area contributed by atoms with Crippen LogP contribution >= 0.6 is 0 Å². The van der Waals surface area contributed by atoms with Crippen molar-refractivity contribution in [2.24, 2.45) is 0 Å². The van der Waals surface area contributed by atoms with Gasteiger partial charge in [0.2, 0.25) is 0 Å². The Kier molecular flexibility index (Phi) is 4.92. The minimum atomic E-state index is -0.150. The second-order valence-corrected chi connectivity index (χ2v) is 5.08. The Hall–Kier alpha value is -2.37. The summed E-state index contributed by atoms with van der Waals surface area (Å²) < 4.78 is 7.36. The van der Waals surface area contributed by atoms with Gasteiger partial charge in [0.1, 0.15) is 17.5 Å². The first-order valence-electron chi connectivity index (χ1n) is 6.96. The van der Waals surface area contributed by atoms with E-state index < -0.39 is 0 Å². The van der Waals surface area contributed by atoms with Crippen molar-refractivity contribution in [1.82, 2.24) is 20.1 Å². The molecule has 0 saturated heterocycles. The van der Waals surface area contributed by atoms with Crippen LogP contribution in [-0.4, -0.2) is 33.3 Å². The molecule has 0 aromatic carbocycles. The predicted molar refractivity (Wildman–Crippen MR) is 79.3 cm³/mol. The van der Waals surface area contributed by atoms with Crippen LogP contribution in [0.5, 0.6) is 5.75 Å². The number of rotatable bonds is 6. The number of carbonyl (C=O) groups excluding carboxylic acids is 1. The standard InChI is InChI=1S/C15H20N4O2/c1-11(2)19-14(6-8-18-19)15(20)17-9-12(3)21-13-5-4-7-16-10-13/h4-8,10-12H,9H2,1-3H3,(H,17,20)/t12-/m0/s1. The monoisotopic (exact) mass is 288 g/mol. The van der Waals surface area contributed by atoms with E-state index in [4.69, 9.17) is 4.74 Å².